The molecule has 4 rings (SSSR count). The van der Waals surface area contributed by atoms with Gasteiger partial charge < -0.3 is 20.1 Å². The van der Waals surface area contributed by atoms with Gasteiger partial charge in [0.2, 0.25) is 0 Å². The van der Waals surface area contributed by atoms with Crippen LogP contribution in [0.4, 0.5) is 5.69 Å². The van der Waals surface area contributed by atoms with Crippen LogP contribution in [0.15, 0.2) is 34.7 Å². The van der Waals surface area contributed by atoms with E-state index in [0.717, 1.165) is 54.0 Å². The minimum absolute atomic E-state index is 0.106. The third-order valence-corrected chi connectivity index (χ3v) is 8.46. The fourth-order valence-corrected chi connectivity index (χ4v) is 6.28. The van der Waals surface area contributed by atoms with Gasteiger partial charge in [0, 0.05) is 65.0 Å². The number of nitrogens with one attached hydrogen (secondary N) is 2. The SMILES string of the molecule is CCN(c1cc(Cl)cc(C(=O)NCc2c(-c3cncs3)[nH]c(C)cc2=O)c1C)C1CCC(N(C)C)CC1. The Labute approximate surface area is 227 Å². The topological polar surface area (TPSA) is 81.3 Å². The number of H-pyrrole nitrogens is 1. The first-order valence-electron chi connectivity index (χ1n) is 12.8. The Morgan fingerprint density at radius 1 is 1.16 bits per heavy atom. The Morgan fingerprint density at radius 3 is 2.49 bits per heavy atom. The molecule has 0 radical (unpaired) electrons. The van der Waals surface area contributed by atoms with Crippen molar-refractivity contribution in [2.24, 2.45) is 0 Å². The summed E-state index contributed by atoms with van der Waals surface area (Å²) in [5.74, 6) is -0.246. The van der Waals surface area contributed by atoms with Crippen molar-refractivity contribution in [2.45, 2.75) is 65.1 Å². The van der Waals surface area contributed by atoms with Crippen molar-refractivity contribution in [3.8, 4) is 10.6 Å². The first kappa shape index (κ1) is 27.4. The van der Waals surface area contributed by atoms with E-state index in [0.29, 0.717) is 33.9 Å². The molecule has 9 heteroatoms. The average molecular weight is 542 g/mol. The number of aromatic nitrogens is 2. The number of hydrogen-bond acceptors (Lipinski definition) is 6. The Bertz CT molecular complexity index is 1300. The number of carbonyl (C=O) groups is 1. The summed E-state index contributed by atoms with van der Waals surface area (Å²) < 4.78 is 0. The fourth-order valence-electron chi connectivity index (χ4n) is 5.41. The van der Waals surface area contributed by atoms with Crippen molar-refractivity contribution < 1.29 is 4.79 Å². The minimum Gasteiger partial charge on any atom is -0.369 e. The van der Waals surface area contributed by atoms with Crippen LogP contribution in [0.25, 0.3) is 10.6 Å². The van der Waals surface area contributed by atoms with Gasteiger partial charge in [-0.3, -0.25) is 14.6 Å². The monoisotopic (exact) mass is 541 g/mol. The maximum Gasteiger partial charge on any atom is 0.251 e. The molecule has 2 aromatic heterocycles. The van der Waals surface area contributed by atoms with Crippen LogP contribution in [-0.4, -0.2) is 53.5 Å². The lowest BCUT2D eigenvalue weighted by Gasteiger charge is -2.40. The summed E-state index contributed by atoms with van der Waals surface area (Å²) in [6.07, 6.45) is 6.27. The maximum absolute atomic E-state index is 13.4. The number of nitrogens with zero attached hydrogens (tertiary/aromatic N) is 3. The molecule has 1 aromatic carbocycles. The molecular weight excluding hydrogens is 506 g/mol. The van der Waals surface area contributed by atoms with Crippen molar-refractivity contribution in [1.82, 2.24) is 20.2 Å². The van der Waals surface area contributed by atoms with Gasteiger partial charge in [-0.05, 0) is 78.2 Å². The lowest BCUT2D eigenvalue weighted by atomic mass is 9.89. The first-order valence-corrected chi connectivity index (χ1v) is 14.1. The molecule has 0 unspecified atom stereocenters. The van der Waals surface area contributed by atoms with Crippen LogP contribution in [0.1, 0.15) is 59.8 Å². The molecule has 2 heterocycles. The molecule has 7 nitrogen and oxygen atoms in total. The molecular formula is C28H36ClN5O2S. The highest BCUT2D eigenvalue weighted by molar-refractivity contribution is 7.13. The molecule has 1 saturated carbocycles. The van der Waals surface area contributed by atoms with Gasteiger partial charge in [0.25, 0.3) is 5.91 Å². The quantitative estimate of drug-likeness (QED) is 0.399. The van der Waals surface area contributed by atoms with E-state index in [2.05, 4.69) is 46.1 Å². The minimum atomic E-state index is -0.246. The molecule has 37 heavy (non-hydrogen) atoms. The van der Waals surface area contributed by atoms with Gasteiger partial charge in [0.1, 0.15) is 0 Å². The molecule has 0 saturated heterocycles. The number of benzene rings is 1. The number of hydrogen-bond donors (Lipinski definition) is 2. The summed E-state index contributed by atoms with van der Waals surface area (Å²) in [6.45, 7) is 6.93. The van der Waals surface area contributed by atoms with Gasteiger partial charge in [0.05, 0.1) is 16.1 Å². The normalized spacial score (nSPS) is 17.7. The number of carbonyl (C=O) groups excluding carboxylic acids is 1. The molecule has 1 amide bonds. The van der Waals surface area contributed by atoms with E-state index in [1.54, 1.807) is 23.8 Å². The number of aryl methyl sites for hydroxylation is 1. The van der Waals surface area contributed by atoms with Gasteiger partial charge in [-0.25, -0.2) is 0 Å². The highest BCUT2D eigenvalue weighted by Crippen LogP contribution is 2.34. The van der Waals surface area contributed by atoms with Crippen LogP contribution in [0.5, 0.6) is 0 Å². The van der Waals surface area contributed by atoms with Gasteiger partial charge in [-0.15, -0.1) is 11.3 Å². The highest BCUT2D eigenvalue weighted by Gasteiger charge is 2.28. The van der Waals surface area contributed by atoms with Crippen LogP contribution in [0.3, 0.4) is 0 Å². The Kier molecular flexibility index (Phi) is 8.72. The number of aromatic amines is 1. The summed E-state index contributed by atoms with van der Waals surface area (Å²) in [6, 6.07) is 6.29. The maximum atomic E-state index is 13.4. The van der Waals surface area contributed by atoms with Crippen molar-refractivity contribution in [1.29, 1.82) is 0 Å². The molecule has 3 aromatic rings. The largest absolute Gasteiger partial charge is 0.369 e. The molecule has 2 N–H and O–H groups in total. The number of rotatable bonds is 8. The van der Waals surface area contributed by atoms with Crippen LogP contribution in [0, 0.1) is 13.8 Å². The summed E-state index contributed by atoms with van der Waals surface area (Å²) in [4.78, 5) is 39.2. The summed E-state index contributed by atoms with van der Waals surface area (Å²) in [5, 5.41) is 3.50. The molecule has 1 aliphatic rings. The average Bonchev–Trinajstić information content (AvgIpc) is 3.40. The second-order valence-corrected chi connectivity index (χ2v) is 11.4. The Morgan fingerprint density at radius 2 is 1.86 bits per heavy atom. The third-order valence-electron chi connectivity index (χ3n) is 7.45. The van der Waals surface area contributed by atoms with Crippen LogP contribution in [0.2, 0.25) is 5.02 Å². The number of anilines is 1. The van der Waals surface area contributed by atoms with E-state index in [1.807, 2.05) is 19.9 Å². The lowest BCUT2D eigenvalue weighted by Crippen LogP contribution is -2.42. The van der Waals surface area contributed by atoms with E-state index in [4.69, 9.17) is 11.6 Å². The van der Waals surface area contributed by atoms with Crippen LogP contribution < -0.4 is 15.6 Å². The summed E-state index contributed by atoms with van der Waals surface area (Å²) in [7, 11) is 4.30. The zero-order chi connectivity index (χ0) is 26.7. The number of amides is 1. The van der Waals surface area contributed by atoms with Crippen molar-refractivity contribution in [3.05, 3.63) is 67.5 Å². The summed E-state index contributed by atoms with van der Waals surface area (Å²) in [5.41, 5.74) is 6.02. The van der Waals surface area contributed by atoms with Crippen molar-refractivity contribution in [3.63, 3.8) is 0 Å². The first-order chi connectivity index (χ1) is 17.7. The summed E-state index contributed by atoms with van der Waals surface area (Å²) >= 11 is 8.00. The molecule has 0 spiro atoms. The highest BCUT2D eigenvalue weighted by atomic mass is 35.5. The van der Waals surface area contributed by atoms with E-state index < -0.39 is 0 Å². The molecule has 0 bridgehead atoms. The van der Waals surface area contributed by atoms with E-state index >= 15 is 0 Å². The molecule has 198 valence electrons. The molecule has 0 atom stereocenters. The fraction of sp³-hybridized carbons (Fsp3) is 0.464. The van der Waals surface area contributed by atoms with E-state index in [1.165, 1.54) is 11.3 Å². The van der Waals surface area contributed by atoms with Crippen LogP contribution >= 0.6 is 22.9 Å². The second kappa shape index (κ2) is 11.8. The molecule has 1 fully saturated rings. The smallest absolute Gasteiger partial charge is 0.251 e. The second-order valence-electron chi connectivity index (χ2n) is 10.0. The third kappa shape index (κ3) is 6.08. The van der Waals surface area contributed by atoms with Gasteiger partial charge in [-0.2, -0.15) is 0 Å². The number of halogens is 1. The van der Waals surface area contributed by atoms with Gasteiger partial charge in [-0.1, -0.05) is 11.6 Å². The zero-order valence-electron chi connectivity index (χ0n) is 22.2. The molecule has 1 aliphatic carbocycles. The Balaban J connectivity index is 1.57. The number of pyridine rings is 1. The van der Waals surface area contributed by atoms with Gasteiger partial charge in [0.15, 0.2) is 5.43 Å². The standard InChI is InChI=1S/C28H36ClN5O2S/c1-6-34(21-9-7-20(8-10-21)33(4)5)24-13-19(29)12-22(18(24)3)28(36)31-14-23-25(35)11-17(2)32-27(23)26-15-30-16-37-26/h11-13,15-16,20-21H,6-10,14H2,1-5H3,(H,31,36)(H,32,35). The lowest BCUT2D eigenvalue weighted by molar-refractivity contribution is 0.0950. The predicted molar refractivity (Wildman–Crippen MR) is 153 cm³/mol. The zero-order valence-corrected chi connectivity index (χ0v) is 23.8. The Hall–Kier alpha value is -2.68. The number of thiazole rings is 1. The van der Waals surface area contributed by atoms with E-state index in [9.17, 15) is 9.59 Å². The van der Waals surface area contributed by atoms with Crippen molar-refractivity contribution >= 4 is 34.5 Å². The van der Waals surface area contributed by atoms with Gasteiger partial charge >= 0.3 is 0 Å². The van der Waals surface area contributed by atoms with Crippen LogP contribution in [-0.2, 0) is 6.54 Å². The predicted octanol–water partition coefficient (Wildman–Crippen LogP) is 5.40. The van der Waals surface area contributed by atoms with E-state index in [-0.39, 0.29) is 17.9 Å². The van der Waals surface area contributed by atoms with Crippen molar-refractivity contribution in [2.75, 3.05) is 25.5 Å². The molecule has 0 aliphatic heterocycles.